The molecule has 0 aliphatic heterocycles. The van der Waals surface area contributed by atoms with Crippen LogP contribution in [0, 0.1) is 5.92 Å². The molecule has 0 amide bonds. The van der Waals surface area contributed by atoms with Crippen LogP contribution in [0.15, 0.2) is 0 Å². The largest absolute Gasteiger partial charge is 0.345 e. The summed E-state index contributed by atoms with van der Waals surface area (Å²) in [5, 5.41) is 4.86. The summed E-state index contributed by atoms with van der Waals surface area (Å²) in [5.41, 5.74) is 1.35. The standard InChI is InChI=1S/C17H29N3S/c1-3-5-15-16(11-18-10-4-2)21-17(19-15)20(14-8-9-14)12-13-6-7-13/h13-14,18H,3-12H2,1-2H3. The number of nitrogens with zero attached hydrogens (tertiary/aromatic N) is 2. The molecule has 3 rings (SSSR count). The van der Waals surface area contributed by atoms with E-state index in [0.717, 1.165) is 31.5 Å². The van der Waals surface area contributed by atoms with Crippen LogP contribution in [0.2, 0.25) is 0 Å². The van der Waals surface area contributed by atoms with Gasteiger partial charge in [-0.2, -0.15) is 0 Å². The van der Waals surface area contributed by atoms with E-state index in [4.69, 9.17) is 4.98 Å². The van der Waals surface area contributed by atoms with Crippen molar-refractivity contribution in [2.24, 2.45) is 5.92 Å². The van der Waals surface area contributed by atoms with Gasteiger partial charge in [-0.25, -0.2) is 4.98 Å². The molecule has 0 unspecified atom stereocenters. The highest BCUT2D eigenvalue weighted by Crippen LogP contribution is 2.40. The van der Waals surface area contributed by atoms with Gasteiger partial charge in [0.25, 0.3) is 0 Å². The highest BCUT2D eigenvalue weighted by Gasteiger charge is 2.35. The normalized spacial score (nSPS) is 18.2. The summed E-state index contributed by atoms with van der Waals surface area (Å²) in [4.78, 5) is 9.13. The molecule has 2 fully saturated rings. The molecule has 0 bridgehead atoms. The van der Waals surface area contributed by atoms with Crippen molar-refractivity contribution in [3.8, 4) is 0 Å². The van der Waals surface area contributed by atoms with Gasteiger partial charge in [0, 0.05) is 24.0 Å². The molecule has 2 aliphatic rings. The molecule has 0 radical (unpaired) electrons. The van der Waals surface area contributed by atoms with Crippen LogP contribution in [0.1, 0.15) is 62.9 Å². The minimum atomic E-state index is 0.794. The second-order valence-corrected chi connectivity index (χ2v) is 7.68. The van der Waals surface area contributed by atoms with Crippen molar-refractivity contribution in [2.75, 3.05) is 18.0 Å². The molecule has 0 saturated heterocycles. The maximum Gasteiger partial charge on any atom is 0.186 e. The Morgan fingerprint density at radius 1 is 1.19 bits per heavy atom. The highest BCUT2D eigenvalue weighted by atomic mass is 32.1. The Hall–Kier alpha value is -0.610. The Morgan fingerprint density at radius 3 is 2.62 bits per heavy atom. The average Bonchev–Trinajstić information content (AvgIpc) is 3.37. The lowest BCUT2D eigenvalue weighted by atomic mass is 10.2. The third kappa shape index (κ3) is 4.19. The first-order valence-electron chi connectivity index (χ1n) is 8.77. The van der Waals surface area contributed by atoms with Crippen LogP contribution < -0.4 is 10.2 Å². The predicted octanol–water partition coefficient (Wildman–Crippen LogP) is 3.97. The van der Waals surface area contributed by atoms with Crippen LogP contribution in [0.25, 0.3) is 0 Å². The van der Waals surface area contributed by atoms with Crippen LogP contribution in [-0.2, 0) is 13.0 Å². The Balaban J connectivity index is 1.71. The Morgan fingerprint density at radius 2 is 2.00 bits per heavy atom. The van der Waals surface area contributed by atoms with Gasteiger partial charge in [0.05, 0.1) is 5.69 Å². The fourth-order valence-electron chi connectivity index (χ4n) is 2.79. The summed E-state index contributed by atoms with van der Waals surface area (Å²) in [6.45, 7) is 7.84. The highest BCUT2D eigenvalue weighted by molar-refractivity contribution is 7.15. The average molecular weight is 308 g/mol. The predicted molar refractivity (Wildman–Crippen MR) is 91.2 cm³/mol. The van der Waals surface area contributed by atoms with Gasteiger partial charge in [0.2, 0.25) is 0 Å². The van der Waals surface area contributed by atoms with Crippen LogP contribution in [0.5, 0.6) is 0 Å². The number of hydrogen-bond acceptors (Lipinski definition) is 4. The maximum absolute atomic E-state index is 5.03. The van der Waals surface area contributed by atoms with Gasteiger partial charge in [-0.1, -0.05) is 20.3 Å². The second-order valence-electron chi connectivity index (χ2n) is 6.62. The third-order valence-corrected chi connectivity index (χ3v) is 5.49. The van der Waals surface area contributed by atoms with E-state index < -0.39 is 0 Å². The third-order valence-electron chi connectivity index (χ3n) is 4.35. The van der Waals surface area contributed by atoms with E-state index in [-0.39, 0.29) is 0 Å². The molecular formula is C17H29N3S. The molecule has 1 N–H and O–H groups in total. The molecule has 118 valence electrons. The lowest BCUT2D eigenvalue weighted by molar-refractivity contribution is 0.674. The smallest absolute Gasteiger partial charge is 0.186 e. The second kappa shape index (κ2) is 7.10. The van der Waals surface area contributed by atoms with E-state index in [0.29, 0.717) is 0 Å². The minimum absolute atomic E-state index is 0.794. The van der Waals surface area contributed by atoms with E-state index in [1.807, 2.05) is 11.3 Å². The number of aromatic nitrogens is 1. The summed E-state index contributed by atoms with van der Waals surface area (Å²) in [6, 6.07) is 0.794. The summed E-state index contributed by atoms with van der Waals surface area (Å²) in [7, 11) is 0. The number of thiazole rings is 1. The van der Waals surface area contributed by atoms with Gasteiger partial charge < -0.3 is 10.2 Å². The Kier molecular flexibility index (Phi) is 5.17. The van der Waals surface area contributed by atoms with Gasteiger partial charge in [-0.15, -0.1) is 11.3 Å². The van der Waals surface area contributed by atoms with E-state index in [1.54, 1.807) is 0 Å². The minimum Gasteiger partial charge on any atom is -0.345 e. The van der Waals surface area contributed by atoms with Crippen molar-refractivity contribution in [1.29, 1.82) is 0 Å². The van der Waals surface area contributed by atoms with Crippen LogP contribution in [0.4, 0.5) is 5.13 Å². The molecule has 1 heterocycles. The number of hydrogen-bond donors (Lipinski definition) is 1. The SMILES string of the molecule is CCCNCc1sc(N(CC2CC2)C2CC2)nc1CCC. The first-order chi connectivity index (χ1) is 10.3. The van der Waals surface area contributed by atoms with E-state index in [2.05, 4.69) is 24.1 Å². The molecule has 21 heavy (non-hydrogen) atoms. The van der Waals surface area contributed by atoms with Crippen LogP contribution >= 0.6 is 11.3 Å². The molecule has 1 aromatic rings. The van der Waals surface area contributed by atoms with E-state index in [9.17, 15) is 0 Å². The Bertz CT molecular complexity index is 449. The molecule has 3 nitrogen and oxygen atoms in total. The zero-order valence-corrected chi connectivity index (χ0v) is 14.3. The van der Waals surface area contributed by atoms with Crippen LogP contribution in [0.3, 0.4) is 0 Å². The lowest BCUT2D eigenvalue weighted by Gasteiger charge is -2.21. The van der Waals surface area contributed by atoms with Crippen molar-refractivity contribution in [3.63, 3.8) is 0 Å². The van der Waals surface area contributed by atoms with Crippen LogP contribution in [-0.4, -0.2) is 24.1 Å². The van der Waals surface area contributed by atoms with Gasteiger partial charge in [0.15, 0.2) is 5.13 Å². The molecule has 0 atom stereocenters. The molecule has 0 spiro atoms. The molecular weight excluding hydrogens is 278 g/mol. The fourth-order valence-corrected chi connectivity index (χ4v) is 3.95. The number of nitrogens with one attached hydrogen (secondary N) is 1. The first kappa shape index (κ1) is 15.3. The molecule has 2 saturated carbocycles. The van der Waals surface area contributed by atoms with E-state index >= 15 is 0 Å². The Labute approximate surface area is 133 Å². The lowest BCUT2D eigenvalue weighted by Crippen LogP contribution is -2.27. The van der Waals surface area contributed by atoms with Gasteiger partial charge in [-0.3, -0.25) is 0 Å². The number of rotatable bonds is 10. The monoisotopic (exact) mass is 307 g/mol. The van der Waals surface area contributed by atoms with Gasteiger partial charge in [-0.05, 0) is 51.0 Å². The van der Waals surface area contributed by atoms with Crippen molar-refractivity contribution < 1.29 is 0 Å². The zero-order valence-electron chi connectivity index (χ0n) is 13.5. The van der Waals surface area contributed by atoms with Crippen molar-refractivity contribution in [2.45, 2.75) is 71.4 Å². The van der Waals surface area contributed by atoms with Crippen molar-refractivity contribution in [3.05, 3.63) is 10.6 Å². The van der Waals surface area contributed by atoms with Gasteiger partial charge in [0.1, 0.15) is 0 Å². The summed E-state index contributed by atoms with van der Waals surface area (Å²) in [5.74, 6) is 0.950. The summed E-state index contributed by atoms with van der Waals surface area (Å²) < 4.78 is 0. The number of aryl methyl sites for hydroxylation is 1. The maximum atomic E-state index is 5.03. The van der Waals surface area contributed by atoms with Crippen molar-refractivity contribution >= 4 is 16.5 Å². The van der Waals surface area contributed by atoms with Gasteiger partial charge >= 0.3 is 0 Å². The molecule has 4 heteroatoms. The fraction of sp³-hybridized carbons (Fsp3) is 0.824. The topological polar surface area (TPSA) is 28.2 Å². The van der Waals surface area contributed by atoms with Crippen molar-refractivity contribution in [1.82, 2.24) is 10.3 Å². The molecule has 0 aromatic carbocycles. The molecule has 1 aromatic heterocycles. The number of anilines is 1. The quantitative estimate of drug-likeness (QED) is 0.663. The first-order valence-corrected chi connectivity index (χ1v) is 9.59. The summed E-state index contributed by atoms with van der Waals surface area (Å²) in [6.07, 6.45) is 9.13. The summed E-state index contributed by atoms with van der Waals surface area (Å²) >= 11 is 1.95. The van der Waals surface area contributed by atoms with E-state index in [1.165, 1.54) is 60.8 Å². The molecule has 2 aliphatic carbocycles. The zero-order chi connectivity index (χ0) is 14.7.